The van der Waals surface area contributed by atoms with Gasteiger partial charge in [0.05, 0.1) is 10.2 Å². The van der Waals surface area contributed by atoms with Gasteiger partial charge in [0, 0.05) is 10.0 Å². The quantitative estimate of drug-likeness (QED) is 0.676. The Bertz CT molecular complexity index is 765. The SMILES string of the molecule is O=c1sc2ccccc2nc1-c1ccc(Br)cc1. The van der Waals surface area contributed by atoms with Gasteiger partial charge in [-0.3, -0.25) is 4.79 Å². The van der Waals surface area contributed by atoms with E-state index in [2.05, 4.69) is 20.9 Å². The highest BCUT2D eigenvalue weighted by atomic mass is 79.9. The van der Waals surface area contributed by atoms with Crippen LogP contribution in [0.15, 0.2) is 57.8 Å². The lowest BCUT2D eigenvalue weighted by Gasteiger charge is -2.01. The summed E-state index contributed by atoms with van der Waals surface area (Å²) >= 11 is 4.62. The third-order valence-electron chi connectivity index (χ3n) is 2.61. The molecule has 0 spiro atoms. The van der Waals surface area contributed by atoms with E-state index in [0.717, 1.165) is 20.3 Å². The van der Waals surface area contributed by atoms with Crippen molar-refractivity contribution in [1.29, 1.82) is 0 Å². The number of para-hydroxylation sites is 1. The lowest BCUT2D eigenvalue weighted by molar-refractivity contribution is 1.40. The molecule has 18 heavy (non-hydrogen) atoms. The molecule has 0 aliphatic heterocycles. The van der Waals surface area contributed by atoms with Crippen molar-refractivity contribution in [2.24, 2.45) is 0 Å². The molecule has 0 radical (unpaired) electrons. The zero-order valence-corrected chi connectivity index (χ0v) is 11.7. The molecule has 0 aliphatic rings. The van der Waals surface area contributed by atoms with Crippen molar-refractivity contribution in [3.63, 3.8) is 0 Å². The molecule has 4 heteroatoms. The van der Waals surface area contributed by atoms with Gasteiger partial charge in [-0.25, -0.2) is 4.98 Å². The van der Waals surface area contributed by atoms with Crippen molar-refractivity contribution in [2.75, 3.05) is 0 Å². The van der Waals surface area contributed by atoms with Crippen LogP contribution in [-0.2, 0) is 0 Å². The summed E-state index contributed by atoms with van der Waals surface area (Å²) < 4.78 is 1.91. The Balaban J connectivity index is 2.26. The lowest BCUT2D eigenvalue weighted by Crippen LogP contribution is -2.02. The van der Waals surface area contributed by atoms with Gasteiger partial charge in [0.2, 0.25) is 0 Å². The minimum Gasteiger partial charge on any atom is -0.275 e. The Hall–Kier alpha value is -1.52. The summed E-state index contributed by atoms with van der Waals surface area (Å²) in [5.41, 5.74) is 2.23. The molecule has 0 bridgehead atoms. The van der Waals surface area contributed by atoms with Crippen LogP contribution in [0.2, 0.25) is 0 Å². The fraction of sp³-hybridized carbons (Fsp3) is 0. The summed E-state index contributed by atoms with van der Waals surface area (Å²) in [6.45, 7) is 0. The van der Waals surface area contributed by atoms with Crippen molar-refractivity contribution in [3.8, 4) is 11.3 Å². The Morgan fingerprint density at radius 3 is 2.50 bits per heavy atom. The first-order valence-electron chi connectivity index (χ1n) is 5.40. The summed E-state index contributed by atoms with van der Waals surface area (Å²) in [6, 6.07) is 15.3. The van der Waals surface area contributed by atoms with Gasteiger partial charge in [0.25, 0.3) is 4.74 Å². The van der Waals surface area contributed by atoms with Gasteiger partial charge < -0.3 is 0 Å². The maximum absolute atomic E-state index is 12.1. The molecule has 0 unspecified atom stereocenters. The molecule has 0 amide bonds. The molecular formula is C14H8BrNOS. The molecular weight excluding hydrogens is 310 g/mol. The molecule has 0 aliphatic carbocycles. The number of rotatable bonds is 1. The summed E-state index contributed by atoms with van der Waals surface area (Å²) in [7, 11) is 0. The highest BCUT2D eigenvalue weighted by Gasteiger charge is 2.07. The van der Waals surface area contributed by atoms with Crippen molar-refractivity contribution in [2.45, 2.75) is 0 Å². The van der Waals surface area contributed by atoms with E-state index < -0.39 is 0 Å². The summed E-state index contributed by atoms with van der Waals surface area (Å²) in [5, 5.41) is 0. The highest BCUT2D eigenvalue weighted by Crippen LogP contribution is 2.21. The second kappa shape index (κ2) is 4.63. The Labute approximate surface area is 116 Å². The Morgan fingerprint density at radius 1 is 1.00 bits per heavy atom. The average Bonchev–Trinajstić information content (AvgIpc) is 2.39. The molecule has 3 rings (SSSR count). The molecule has 2 nitrogen and oxygen atoms in total. The molecule has 0 fully saturated rings. The number of hydrogen-bond donors (Lipinski definition) is 0. The van der Waals surface area contributed by atoms with Crippen molar-refractivity contribution >= 4 is 37.5 Å². The number of aromatic nitrogens is 1. The largest absolute Gasteiger partial charge is 0.275 e. The van der Waals surface area contributed by atoms with E-state index in [9.17, 15) is 4.79 Å². The van der Waals surface area contributed by atoms with Gasteiger partial charge >= 0.3 is 0 Å². The molecule has 0 saturated carbocycles. The van der Waals surface area contributed by atoms with E-state index in [0.29, 0.717) is 5.69 Å². The molecule has 1 heterocycles. The first-order valence-corrected chi connectivity index (χ1v) is 7.01. The lowest BCUT2D eigenvalue weighted by atomic mass is 10.2. The maximum Gasteiger partial charge on any atom is 0.259 e. The minimum absolute atomic E-state index is 0.00368. The van der Waals surface area contributed by atoms with Crippen LogP contribution < -0.4 is 4.74 Å². The topological polar surface area (TPSA) is 30.0 Å². The van der Waals surface area contributed by atoms with Crippen LogP contribution in [0.3, 0.4) is 0 Å². The second-order valence-electron chi connectivity index (χ2n) is 3.82. The number of hydrogen-bond acceptors (Lipinski definition) is 3. The van der Waals surface area contributed by atoms with E-state index >= 15 is 0 Å². The molecule has 3 aromatic rings. The fourth-order valence-electron chi connectivity index (χ4n) is 1.74. The van der Waals surface area contributed by atoms with Crippen LogP contribution in [-0.4, -0.2) is 4.98 Å². The van der Waals surface area contributed by atoms with E-state index in [1.165, 1.54) is 11.3 Å². The molecule has 0 atom stereocenters. The summed E-state index contributed by atoms with van der Waals surface area (Å²) in [6.07, 6.45) is 0. The maximum atomic E-state index is 12.1. The number of halogens is 1. The van der Waals surface area contributed by atoms with Gasteiger partial charge in [0.15, 0.2) is 0 Å². The first kappa shape index (κ1) is 11.6. The predicted molar refractivity (Wildman–Crippen MR) is 79.0 cm³/mol. The number of nitrogens with zero attached hydrogens (tertiary/aromatic N) is 1. The van der Waals surface area contributed by atoms with Crippen LogP contribution in [0, 0.1) is 0 Å². The normalized spacial score (nSPS) is 10.7. The summed E-state index contributed by atoms with van der Waals surface area (Å²) in [5.74, 6) is 0. The van der Waals surface area contributed by atoms with Gasteiger partial charge in [-0.1, -0.05) is 51.5 Å². The van der Waals surface area contributed by atoms with Gasteiger partial charge in [-0.2, -0.15) is 0 Å². The van der Waals surface area contributed by atoms with Crippen LogP contribution >= 0.6 is 27.3 Å². The van der Waals surface area contributed by atoms with Gasteiger partial charge in [-0.15, -0.1) is 0 Å². The average molecular weight is 318 g/mol. The Morgan fingerprint density at radius 2 is 1.72 bits per heavy atom. The number of benzene rings is 2. The van der Waals surface area contributed by atoms with Gasteiger partial charge in [-0.05, 0) is 24.3 Å². The Kier molecular flexibility index (Phi) is 2.97. The monoisotopic (exact) mass is 317 g/mol. The van der Waals surface area contributed by atoms with Crippen molar-refractivity contribution < 1.29 is 0 Å². The van der Waals surface area contributed by atoms with E-state index in [-0.39, 0.29) is 4.74 Å². The van der Waals surface area contributed by atoms with E-state index in [1.54, 1.807) is 0 Å². The first-order chi connectivity index (χ1) is 8.74. The van der Waals surface area contributed by atoms with Gasteiger partial charge in [0.1, 0.15) is 5.69 Å². The fourth-order valence-corrected chi connectivity index (χ4v) is 2.83. The molecule has 1 aromatic heterocycles. The molecule has 2 aromatic carbocycles. The van der Waals surface area contributed by atoms with E-state index in [1.807, 2.05) is 48.5 Å². The number of fused-ring (bicyclic) bond motifs is 1. The zero-order chi connectivity index (χ0) is 12.5. The van der Waals surface area contributed by atoms with Crippen molar-refractivity contribution in [1.82, 2.24) is 4.98 Å². The van der Waals surface area contributed by atoms with Crippen LogP contribution in [0.5, 0.6) is 0 Å². The molecule has 88 valence electrons. The highest BCUT2D eigenvalue weighted by molar-refractivity contribution is 9.10. The standard InChI is InChI=1S/C14H8BrNOS/c15-10-7-5-9(6-8-10)13-14(17)18-12-4-2-1-3-11(12)16-13/h1-8H. The second-order valence-corrected chi connectivity index (χ2v) is 5.75. The van der Waals surface area contributed by atoms with Crippen LogP contribution in [0.25, 0.3) is 21.5 Å². The third kappa shape index (κ3) is 2.09. The predicted octanol–water partition coefficient (Wildman–Crippen LogP) is 4.09. The summed E-state index contributed by atoms with van der Waals surface area (Å²) in [4.78, 5) is 16.5. The molecule has 0 saturated heterocycles. The van der Waals surface area contributed by atoms with Crippen LogP contribution in [0.4, 0.5) is 0 Å². The van der Waals surface area contributed by atoms with E-state index in [4.69, 9.17) is 0 Å². The molecule has 0 N–H and O–H groups in total. The smallest absolute Gasteiger partial charge is 0.259 e. The zero-order valence-electron chi connectivity index (χ0n) is 9.26. The van der Waals surface area contributed by atoms with Crippen LogP contribution in [0.1, 0.15) is 0 Å². The van der Waals surface area contributed by atoms with Crippen molar-refractivity contribution in [3.05, 3.63) is 62.5 Å². The minimum atomic E-state index is -0.00368. The third-order valence-corrected chi connectivity index (χ3v) is 4.08.